The molecule has 8 heteroatoms. The fraction of sp³-hybridized carbons (Fsp3) is 0.318. The number of rotatable bonds is 6. The lowest BCUT2D eigenvalue weighted by Crippen LogP contribution is -2.37. The molecule has 7 nitrogen and oxygen atoms in total. The van der Waals surface area contributed by atoms with Crippen molar-refractivity contribution >= 4 is 23.4 Å². The molecule has 0 amide bonds. The van der Waals surface area contributed by atoms with Crippen LogP contribution in [0.1, 0.15) is 18.2 Å². The first-order valence-corrected chi connectivity index (χ1v) is 11.2. The number of morpholine rings is 1. The largest absolute Gasteiger partial charge is 0.378 e. The molecule has 30 heavy (non-hydrogen) atoms. The first-order chi connectivity index (χ1) is 14.8. The minimum Gasteiger partial charge on any atom is -0.378 e. The predicted molar refractivity (Wildman–Crippen MR) is 119 cm³/mol. The van der Waals surface area contributed by atoms with Crippen LogP contribution in [0.5, 0.6) is 0 Å². The average Bonchev–Trinajstić information content (AvgIpc) is 3.42. The van der Waals surface area contributed by atoms with Crippen molar-refractivity contribution in [2.45, 2.75) is 24.3 Å². The Balaban J connectivity index is 1.48. The molecule has 1 saturated heterocycles. The van der Waals surface area contributed by atoms with Gasteiger partial charge in [-0.25, -0.2) is 4.98 Å². The van der Waals surface area contributed by atoms with Crippen LogP contribution in [0.3, 0.4) is 0 Å². The van der Waals surface area contributed by atoms with Gasteiger partial charge in [0, 0.05) is 31.2 Å². The summed E-state index contributed by atoms with van der Waals surface area (Å²) in [6, 6.07) is 14.6. The summed E-state index contributed by atoms with van der Waals surface area (Å²) in [5, 5.41) is 9.99. The molecule has 0 aliphatic carbocycles. The molecule has 1 fully saturated rings. The van der Waals surface area contributed by atoms with Crippen LogP contribution in [0.2, 0.25) is 0 Å². The third-order valence-corrected chi connectivity index (χ3v) is 6.21. The third-order valence-electron chi connectivity index (χ3n) is 5.25. The number of nitrogens with zero attached hydrogens (tertiary/aromatic N) is 6. The Morgan fingerprint density at radius 2 is 1.97 bits per heavy atom. The molecule has 4 aromatic rings. The summed E-state index contributed by atoms with van der Waals surface area (Å²) < 4.78 is 9.75. The molecule has 0 spiro atoms. The van der Waals surface area contributed by atoms with Gasteiger partial charge in [0.2, 0.25) is 5.95 Å². The van der Waals surface area contributed by atoms with Crippen molar-refractivity contribution in [1.82, 2.24) is 24.1 Å². The highest BCUT2D eigenvalue weighted by molar-refractivity contribution is 7.98. The summed E-state index contributed by atoms with van der Waals surface area (Å²) in [6.45, 7) is 5.25. The first kappa shape index (κ1) is 19.1. The number of hydrogen-bond acceptors (Lipinski definition) is 6. The van der Waals surface area contributed by atoms with Gasteiger partial charge in [-0.1, -0.05) is 36.9 Å². The van der Waals surface area contributed by atoms with E-state index in [0.29, 0.717) is 13.2 Å². The lowest BCUT2D eigenvalue weighted by Gasteiger charge is -2.28. The van der Waals surface area contributed by atoms with Crippen LogP contribution in [0, 0.1) is 0 Å². The van der Waals surface area contributed by atoms with Gasteiger partial charge in [0.15, 0.2) is 5.16 Å². The summed E-state index contributed by atoms with van der Waals surface area (Å²) in [6.07, 6.45) is 5.09. The highest BCUT2D eigenvalue weighted by Gasteiger charge is 2.22. The van der Waals surface area contributed by atoms with E-state index in [0.717, 1.165) is 53.4 Å². The number of ether oxygens (including phenoxy) is 1. The molecule has 0 saturated carbocycles. The maximum atomic E-state index is 5.53. The van der Waals surface area contributed by atoms with Gasteiger partial charge in [-0.2, -0.15) is 0 Å². The molecule has 0 unspecified atom stereocenters. The molecule has 154 valence electrons. The van der Waals surface area contributed by atoms with Gasteiger partial charge in [0.25, 0.3) is 0 Å². The van der Waals surface area contributed by atoms with E-state index in [2.05, 4.69) is 57.1 Å². The monoisotopic (exact) mass is 420 g/mol. The van der Waals surface area contributed by atoms with Gasteiger partial charge in [0.05, 0.1) is 24.6 Å². The van der Waals surface area contributed by atoms with Crippen molar-refractivity contribution in [2.24, 2.45) is 0 Å². The molecule has 1 aromatic carbocycles. The second-order valence-corrected chi connectivity index (χ2v) is 8.17. The zero-order valence-corrected chi connectivity index (χ0v) is 17.8. The molecule has 5 rings (SSSR count). The topological polar surface area (TPSA) is 60.5 Å². The van der Waals surface area contributed by atoms with E-state index in [1.54, 1.807) is 11.8 Å². The quantitative estimate of drug-likeness (QED) is 0.444. The van der Waals surface area contributed by atoms with Crippen molar-refractivity contribution in [3.8, 4) is 5.69 Å². The van der Waals surface area contributed by atoms with E-state index in [9.17, 15) is 0 Å². The maximum Gasteiger partial charge on any atom is 0.232 e. The summed E-state index contributed by atoms with van der Waals surface area (Å²) in [4.78, 5) is 6.97. The first-order valence-electron chi connectivity index (χ1n) is 10.2. The molecule has 0 bridgehead atoms. The van der Waals surface area contributed by atoms with E-state index in [-0.39, 0.29) is 0 Å². The number of fused-ring (bicyclic) bond motifs is 1. The molecule has 4 heterocycles. The number of anilines is 1. The second-order valence-electron chi connectivity index (χ2n) is 7.23. The minimum atomic E-state index is 0.714. The number of pyridine rings is 1. The SMILES string of the molecule is CCc1cccc(-n2c(SCc3cn4ccccc4n3)nnc2N2CCOCC2)c1. The Morgan fingerprint density at radius 1 is 1.07 bits per heavy atom. The van der Waals surface area contributed by atoms with Crippen LogP contribution < -0.4 is 4.90 Å². The normalized spacial score (nSPS) is 14.5. The molecule has 0 atom stereocenters. The van der Waals surface area contributed by atoms with Crippen LogP contribution in [0.4, 0.5) is 5.95 Å². The van der Waals surface area contributed by atoms with E-state index >= 15 is 0 Å². The van der Waals surface area contributed by atoms with E-state index in [1.807, 2.05) is 28.8 Å². The van der Waals surface area contributed by atoms with Crippen molar-refractivity contribution in [2.75, 3.05) is 31.2 Å². The fourth-order valence-electron chi connectivity index (χ4n) is 3.66. The molecule has 1 aliphatic rings. The zero-order chi connectivity index (χ0) is 20.3. The van der Waals surface area contributed by atoms with Crippen molar-refractivity contribution < 1.29 is 4.74 Å². The molecular formula is C22H24N6OS. The maximum absolute atomic E-state index is 5.53. The molecule has 3 aromatic heterocycles. The van der Waals surface area contributed by atoms with E-state index in [1.165, 1.54) is 5.56 Å². The number of benzene rings is 1. The van der Waals surface area contributed by atoms with Gasteiger partial charge in [-0.15, -0.1) is 10.2 Å². The Kier molecular flexibility index (Phi) is 5.42. The molecule has 1 aliphatic heterocycles. The minimum absolute atomic E-state index is 0.714. The number of imidazole rings is 1. The van der Waals surface area contributed by atoms with Crippen molar-refractivity contribution in [3.63, 3.8) is 0 Å². The van der Waals surface area contributed by atoms with Crippen LogP contribution in [0.25, 0.3) is 11.3 Å². The fourth-order valence-corrected chi connectivity index (χ4v) is 4.49. The number of aromatic nitrogens is 5. The zero-order valence-electron chi connectivity index (χ0n) is 16.9. The number of aryl methyl sites for hydroxylation is 1. The van der Waals surface area contributed by atoms with Crippen LogP contribution in [-0.4, -0.2) is 50.5 Å². The highest BCUT2D eigenvalue weighted by Crippen LogP contribution is 2.29. The van der Waals surface area contributed by atoms with Crippen LogP contribution >= 0.6 is 11.8 Å². The van der Waals surface area contributed by atoms with Crippen LogP contribution in [0.15, 0.2) is 60.0 Å². The molecular weight excluding hydrogens is 396 g/mol. The lowest BCUT2D eigenvalue weighted by molar-refractivity contribution is 0.122. The Labute approximate surface area is 179 Å². The second kappa shape index (κ2) is 8.49. The smallest absolute Gasteiger partial charge is 0.232 e. The van der Waals surface area contributed by atoms with E-state index in [4.69, 9.17) is 9.72 Å². The van der Waals surface area contributed by atoms with Crippen molar-refractivity contribution in [3.05, 3.63) is 66.1 Å². The van der Waals surface area contributed by atoms with Gasteiger partial charge in [0.1, 0.15) is 5.65 Å². The molecule has 0 N–H and O–H groups in total. The Hall–Kier alpha value is -2.84. The standard InChI is InChI=1S/C22H24N6OS/c1-2-17-6-5-7-19(14-17)28-21(26-10-12-29-13-11-26)24-25-22(28)30-16-18-15-27-9-4-3-8-20(27)23-18/h3-9,14-15H,2,10-13,16H2,1H3. The summed E-state index contributed by atoms with van der Waals surface area (Å²) in [7, 11) is 0. The highest BCUT2D eigenvalue weighted by atomic mass is 32.2. The third kappa shape index (κ3) is 3.80. The van der Waals surface area contributed by atoms with Gasteiger partial charge < -0.3 is 14.0 Å². The summed E-state index contributed by atoms with van der Waals surface area (Å²) in [5.74, 6) is 1.61. The summed E-state index contributed by atoms with van der Waals surface area (Å²) in [5.41, 5.74) is 4.37. The number of hydrogen-bond donors (Lipinski definition) is 0. The van der Waals surface area contributed by atoms with E-state index < -0.39 is 0 Å². The Morgan fingerprint density at radius 3 is 2.80 bits per heavy atom. The number of thioether (sulfide) groups is 1. The van der Waals surface area contributed by atoms with Gasteiger partial charge in [-0.3, -0.25) is 4.57 Å². The average molecular weight is 421 g/mol. The van der Waals surface area contributed by atoms with Crippen molar-refractivity contribution in [1.29, 1.82) is 0 Å². The predicted octanol–water partition coefficient (Wildman–Crippen LogP) is 3.61. The molecule has 0 radical (unpaired) electrons. The lowest BCUT2D eigenvalue weighted by atomic mass is 10.1. The summed E-state index contributed by atoms with van der Waals surface area (Å²) >= 11 is 1.66. The van der Waals surface area contributed by atoms with Gasteiger partial charge >= 0.3 is 0 Å². The van der Waals surface area contributed by atoms with Crippen LogP contribution in [-0.2, 0) is 16.9 Å². The van der Waals surface area contributed by atoms with Gasteiger partial charge in [-0.05, 0) is 36.2 Å². The Bertz CT molecular complexity index is 1110.